The molecule has 0 heterocycles. The van der Waals surface area contributed by atoms with E-state index in [1.54, 1.807) is 41.5 Å². The molecule has 0 rings (SSSR count). The highest BCUT2D eigenvalue weighted by Gasteiger charge is 2.30. The highest BCUT2D eigenvalue weighted by atomic mass is 16.6. The second-order valence-corrected chi connectivity index (χ2v) is 7.56. The number of carboxylic acid groups (broad SMARTS) is 1. The maximum atomic E-state index is 12.1. The van der Waals surface area contributed by atoms with Crippen molar-refractivity contribution in [3.05, 3.63) is 0 Å². The Morgan fingerprint density at radius 2 is 1.40 bits per heavy atom. The quantitative estimate of drug-likeness (QED) is 0.607. The molecule has 144 valence electrons. The maximum Gasteiger partial charge on any atom is 0.408 e. The fraction of sp³-hybridized carbons (Fsp3) is 0.750. The molecule has 2 amide bonds. The molecule has 0 aromatic rings. The topological polar surface area (TPSA) is 131 Å². The van der Waals surface area contributed by atoms with Crippen molar-refractivity contribution in [1.82, 2.24) is 10.6 Å². The summed E-state index contributed by atoms with van der Waals surface area (Å²) in [6.07, 6.45) is -1.44. The molecule has 0 bridgehead atoms. The van der Waals surface area contributed by atoms with Crippen LogP contribution < -0.4 is 10.6 Å². The zero-order chi connectivity index (χ0) is 20.0. The average molecular weight is 360 g/mol. The molecule has 0 aromatic carbocycles. The number of carbonyl (C=O) groups excluding carboxylic acids is 3. The Bertz CT molecular complexity index is 518. The van der Waals surface area contributed by atoms with Crippen LogP contribution in [0.5, 0.6) is 0 Å². The van der Waals surface area contributed by atoms with Crippen LogP contribution >= 0.6 is 0 Å². The smallest absolute Gasteiger partial charge is 0.408 e. The van der Waals surface area contributed by atoms with E-state index in [9.17, 15) is 19.2 Å². The summed E-state index contributed by atoms with van der Waals surface area (Å²) in [5.74, 6) is -2.88. The van der Waals surface area contributed by atoms with E-state index in [2.05, 4.69) is 10.6 Å². The third-order valence-electron chi connectivity index (χ3n) is 2.51. The number of rotatable bonds is 6. The number of carbonyl (C=O) groups is 4. The minimum absolute atomic E-state index is 0.639. The molecular formula is C16H28N2O7. The van der Waals surface area contributed by atoms with Gasteiger partial charge in [0.1, 0.15) is 23.3 Å². The van der Waals surface area contributed by atoms with E-state index in [-0.39, 0.29) is 0 Å². The lowest BCUT2D eigenvalue weighted by Gasteiger charge is -2.25. The minimum Gasteiger partial charge on any atom is -0.481 e. The summed E-state index contributed by atoms with van der Waals surface area (Å²) in [4.78, 5) is 46.8. The number of alkyl carbamates (subject to hydrolysis) is 1. The first-order valence-electron chi connectivity index (χ1n) is 7.85. The van der Waals surface area contributed by atoms with Crippen LogP contribution in [0.3, 0.4) is 0 Å². The Balaban J connectivity index is 4.87. The summed E-state index contributed by atoms with van der Waals surface area (Å²) in [6, 6.07) is -2.40. The summed E-state index contributed by atoms with van der Waals surface area (Å²) in [7, 11) is 0. The fourth-order valence-corrected chi connectivity index (χ4v) is 1.59. The van der Waals surface area contributed by atoms with E-state index in [0.717, 1.165) is 0 Å². The lowest BCUT2D eigenvalue weighted by atomic mass is 10.1. The normalized spacial score (nSPS) is 14.0. The van der Waals surface area contributed by atoms with Crippen LogP contribution in [0.25, 0.3) is 0 Å². The van der Waals surface area contributed by atoms with Gasteiger partial charge in [0.15, 0.2) is 0 Å². The highest BCUT2D eigenvalue weighted by Crippen LogP contribution is 2.10. The minimum atomic E-state index is -1.37. The molecule has 0 aromatic heterocycles. The molecule has 0 saturated carbocycles. The van der Waals surface area contributed by atoms with Crippen molar-refractivity contribution in [3.63, 3.8) is 0 Å². The van der Waals surface area contributed by atoms with Crippen molar-refractivity contribution >= 4 is 23.9 Å². The number of carboxylic acids is 1. The van der Waals surface area contributed by atoms with Crippen LogP contribution in [0.4, 0.5) is 4.79 Å². The van der Waals surface area contributed by atoms with Gasteiger partial charge in [0, 0.05) is 0 Å². The van der Waals surface area contributed by atoms with Crippen LogP contribution in [-0.4, -0.2) is 52.3 Å². The van der Waals surface area contributed by atoms with Gasteiger partial charge in [-0.25, -0.2) is 9.59 Å². The van der Waals surface area contributed by atoms with Gasteiger partial charge in [-0.3, -0.25) is 9.59 Å². The molecule has 2 atom stereocenters. The second-order valence-electron chi connectivity index (χ2n) is 7.56. The lowest BCUT2D eigenvalue weighted by molar-refractivity contribution is -0.161. The van der Waals surface area contributed by atoms with Gasteiger partial charge in [0.05, 0.1) is 6.42 Å². The summed E-state index contributed by atoms with van der Waals surface area (Å²) in [6.45, 7) is 11.3. The second kappa shape index (κ2) is 8.68. The van der Waals surface area contributed by atoms with E-state index in [4.69, 9.17) is 14.6 Å². The number of ether oxygens (including phenoxy) is 2. The predicted molar refractivity (Wildman–Crippen MR) is 88.9 cm³/mol. The Morgan fingerprint density at radius 1 is 0.920 bits per heavy atom. The zero-order valence-electron chi connectivity index (χ0n) is 15.8. The van der Waals surface area contributed by atoms with Gasteiger partial charge in [-0.2, -0.15) is 0 Å². The van der Waals surface area contributed by atoms with Crippen LogP contribution in [0.2, 0.25) is 0 Å². The van der Waals surface area contributed by atoms with Crippen molar-refractivity contribution in [2.45, 2.75) is 78.2 Å². The molecule has 0 aliphatic heterocycles. The maximum absolute atomic E-state index is 12.1. The summed E-state index contributed by atoms with van der Waals surface area (Å²) in [5, 5.41) is 13.5. The molecule has 25 heavy (non-hydrogen) atoms. The molecule has 9 nitrogen and oxygen atoms in total. The van der Waals surface area contributed by atoms with Crippen molar-refractivity contribution in [2.75, 3.05) is 0 Å². The first-order chi connectivity index (χ1) is 11.1. The molecule has 0 fully saturated rings. The molecule has 3 N–H and O–H groups in total. The van der Waals surface area contributed by atoms with Gasteiger partial charge in [-0.15, -0.1) is 0 Å². The number of aliphatic carboxylic acids is 1. The number of amides is 2. The van der Waals surface area contributed by atoms with Crippen molar-refractivity contribution < 1.29 is 33.8 Å². The number of hydrogen-bond donors (Lipinski definition) is 3. The van der Waals surface area contributed by atoms with Gasteiger partial charge in [-0.1, -0.05) is 0 Å². The SMILES string of the molecule is CC(NC(=O)OC(C)(C)C)C(=O)NC(CC(=O)O)C(=O)OC(C)(C)C. The van der Waals surface area contributed by atoms with E-state index in [1.807, 2.05) is 0 Å². The summed E-state index contributed by atoms with van der Waals surface area (Å²) < 4.78 is 10.1. The monoisotopic (exact) mass is 360 g/mol. The zero-order valence-corrected chi connectivity index (χ0v) is 15.8. The van der Waals surface area contributed by atoms with Crippen LogP contribution in [-0.2, 0) is 23.9 Å². The molecule has 0 radical (unpaired) electrons. The van der Waals surface area contributed by atoms with Gasteiger partial charge >= 0.3 is 18.0 Å². The first kappa shape index (κ1) is 22.7. The van der Waals surface area contributed by atoms with E-state index >= 15 is 0 Å². The fourth-order valence-electron chi connectivity index (χ4n) is 1.59. The molecule has 0 saturated heterocycles. The number of nitrogens with one attached hydrogen (secondary N) is 2. The summed E-state index contributed by atoms with van der Waals surface area (Å²) >= 11 is 0. The standard InChI is InChI=1S/C16H28N2O7/c1-9(17-14(23)25-16(5,6)7)12(21)18-10(8-11(19)20)13(22)24-15(2,3)4/h9-10H,8H2,1-7H3,(H,17,23)(H,18,21)(H,19,20). The lowest BCUT2D eigenvalue weighted by Crippen LogP contribution is -2.52. The number of hydrogen-bond acceptors (Lipinski definition) is 6. The Labute approximate surface area is 147 Å². The van der Waals surface area contributed by atoms with Crippen molar-refractivity contribution in [2.24, 2.45) is 0 Å². The summed E-state index contributed by atoms with van der Waals surface area (Å²) in [5.41, 5.74) is -1.57. The largest absolute Gasteiger partial charge is 0.481 e. The van der Waals surface area contributed by atoms with Gasteiger partial charge in [0.25, 0.3) is 0 Å². The molecular weight excluding hydrogens is 332 g/mol. The van der Waals surface area contributed by atoms with Gasteiger partial charge in [-0.05, 0) is 48.5 Å². The van der Waals surface area contributed by atoms with Crippen molar-refractivity contribution in [3.8, 4) is 0 Å². The van der Waals surface area contributed by atoms with Gasteiger partial charge < -0.3 is 25.2 Å². The Kier molecular flexibility index (Phi) is 7.88. The van der Waals surface area contributed by atoms with Crippen LogP contribution in [0.15, 0.2) is 0 Å². The average Bonchev–Trinajstić information content (AvgIpc) is 2.32. The van der Waals surface area contributed by atoms with E-state index in [1.165, 1.54) is 6.92 Å². The predicted octanol–water partition coefficient (Wildman–Crippen LogP) is 1.20. The first-order valence-corrected chi connectivity index (χ1v) is 7.85. The van der Waals surface area contributed by atoms with E-state index in [0.29, 0.717) is 0 Å². The molecule has 9 heteroatoms. The van der Waals surface area contributed by atoms with Gasteiger partial charge in [0.2, 0.25) is 5.91 Å². The molecule has 2 unspecified atom stereocenters. The Hall–Kier alpha value is -2.32. The van der Waals surface area contributed by atoms with Crippen molar-refractivity contribution in [1.29, 1.82) is 0 Å². The van der Waals surface area contributed by atoms with Crippen LogP contribution in [0, 0.1) is 0 Å². The molecule has 0 aliphatic carbocycles. The number of esters is 1. The highest BCUT2D eigenvalue weighted by molar-refractivity contribution is 5.91. The Morgan fingerprint density at radius 3 is 1.80 bits per heavy atom. The molecule has 0 aliphatic rings. The van der Waals surface area contributed by atoms with E-state index < -0.39 is 53.6 Å². The van der Waals surface area contributed by atoms with Crippen LogP contribution in [0.1, 0.15) is 54.9 Å². The third kappa shape index (κ3) is 11.0. The molecule has 0 spiro atoms. The third-order valence-corrected chi connectivity index (χ3v) is 2.51.